The van der Waals surface area contributed by atoms with Gasteiger partial charge in [-0.05, 0) is 20.8 Å². The first-order chi connectivity index (χ1) is 10.9. The third-order valence-corrected chi connectivity index (χ3v) is 3.52. The van der Waals surface area contributed by atoms with E-state index in [0.717, 1.165) is 0 Å². The third-order valence-electron chi connectivity index (χ3n) is 3.52. The number of nitrogens with one attached hydrogen (secondary N) is 1. The Kier molecular flexibility index (Phi) is 5.05. The molecule has 0 aromatic carbocycles. The largest absolute Gasteiger partial charge is 0.353 e. The van der Waals surface area contributed by atoms with Crippen LogP contribution < -0.4 is 16.4 Å². The average molecular weight is 317 g/mol. The van der Waals surface area contributed by atoms with E-state index in [0.29, 0.717) is 23.5 Å². The van der Waals surface area contributed by atoms with Crippen LogP contribution in [0.5, 0.6) is 0 Å². The van der Waals surface area contributed by atoms with Gasteiger partial charge in [0.2, 0.25) is 5.91 Å². The molecule has 0 saturated heterocycles. The van der Waals surface area contributed by atoms with Gasteiger partial charge < -0.3 is 5.32 Å². The summed E-state index contributed by atoms with van der Waals surface area (Å²) in [6, 6.07) is 1.43. The zero-order chi connectivity index (χ0) is 17.0. The number of aryl methyl sites for hydroxylation is 2. The molecule has 0 bridgehead atoms. The molecule has 2 aromatic heterocycles. The van der Waals surface area contributed by atoms with Crippen molar-refractivity contribution in [3.8, 4) is 0 Å². The molecule has 1 amide bonds. The predicted molar refractivity (Wildman–Crippen MR) is 84.2 cm³/mol. The van der Waals surface area contributed by atoms with Crippen LogP contribution in [0.15, 0.2) is 28.3 Å². The summed E-state index contributed by atoms with van der Waals surface area (Å²) in [4.78, 5) is 43.7. The van der Waals surface area contributed by atoms with Gasteiger partial charge in [-0.25, -0.2) is 9.97 Å². The van der Waals surface area contributed by atoms with Crippen molar-refractivity contribution >= 4 is 5.91 Å². The molecule has 0 atom stereocenters. The van der Waals surface area contributed by atoms with Gasteiger partial charge in [-0.2, -0.15) is 0 Å². The second-order valence-corrected chi connectivity index (χ2v) is 5.30. The van der Waals surface area contributed by atoms with Crippen molar-refractivity contribution in [2.24, 2.45) is 0 Å². The van der Waals surface area contributed by atoms with Crippen molar-refractivity contribution in [1.82, 2.24) is 24.4 Å². The highest BCUT2D eigenvalue weighted by atomic mass is 16.2. The highest BCUT2D eigenvalue weighted by Crippen LogP contribution is 1.94. The third kappa shape index (κ3) is 4.12. The monoisotopic (exact) mass is 317 g/mol. The van der Waals surface area contributed by atoms with Gasteiger partial charge in [0, 0.05) is 36.1 Å². The van der Waals surface area contributed by atoms with Crippen LogP contribution in [0.3, 0.4) is 0 Å². The molecule has 0 aliphatic heterocycles. The van der Waals surface area contributed by atoms with E-state index in [9.17, 15) is 14.4 Å². The Labute approximate surface area is 132 Å². The summed E-state index contributed by atoms with van der Waals surface area (Å²) < 4.78 is 2.67. The minimum Gasteiger partial charge on any atom is -0.353 e. The van der Waals surface area contributed by atoms with Crippen LogP contribution in [-0.4, -0.2) is 31.6 Å². The second-order valence-electron chi connectivity index (χ2n) is 5.30. The lowest BCUT2D eigenvalue weighted by Crippen LogP contribution is -2.36. The second kappa shape index (κ2) is 6.99. The number of carbonyl (C=O) groups excluding carboxylic acids is 1. The van der Waals surface area contributed by atoms with Gasteiger partial charge in [0.05, 0.1) is 12.7 Å². The first-order valence-corrected chi connectivity index (χ1v) is 7.21. The number of nitrogens with zero attached hydrogens (tertiary/aromatic N) is 4. The van der Waals surface area contributed by atoms with E-state index in [1.807, 2.05) is 0 Å². The van der Waals surface area contributed by atoms with E-state index >= 15 is 0 Å². The standard InChI is InChI=1S/C15H19N5O3/c1-10-6-14(22)19(8-17-10)5-4-16-13(21)7-20-9-18-12(3)11(2)15(20)23/h6,8-9H,4-5,7H2,1-3H3,(H,16,21). The van der Waals surface area contributed by atoms with Crippen LogP contribution in [0.1, 0.15) is 17.0 Å². The molecule has 0 radical (unpaired) electrons. The number of hydrogen-bond acceptors (Lipinski definition) is 5. The summed E-state index contributed by atoms with van der Waals surface area (Å²) in [5.74, 6) is -0.315. The fraction of sp³-hybridized carbons (Fsp3) is 0.400. The van der Waals surface area contributed by atoms with E-state index in [1.165, 1.54) is 27.9 Å². The molecule has 122 valence electrons. The molecule has 2 heterocycles. The van der Waals surface area contributed by atoms with Crippen LogP contribution >= 0.6 is 0 Å². The Balaban J connectivity index is 1.92. The van der Waals surface area contributed by atoms with E-state index in [-0.39, 0.29) is 30.1 Å². The number of rotatable bonds is 5. The number of amides is 1. The molecule has 0 aliphatic rings. The van der Waals surface area contributed by atoms with Gasteiger partial charge in [0.15, 0.2) is 0 Å². The topological polar surface area (TPSA) is 98.9 Å². The number of carbonyl (C=O) groups is 1. The normalized spacial score (nSPS) is 10.6. The van der Waals surface area contributed by atoms with Gasteiger partial charge in [0.1, 0.15) is 6.54 Å². The molecule has 0 spiro atoms. The summed E-state index contributed by atoms with van der Waals surface area (Å²) in [7, 11) is 0. The van der Waals surface area contributed by atoms with Crippen molar-refractivity contribution in [3.63, 3.8) is 0 Å². The fourth-order valence-electron chi connectivity index (χ4n) is 2.00. The quantitative estimate of drug-likeness (QED) is 0.804. The maximum absolute atomic E-state index is 12.0. The zero-order valence-electron chi connectivity index (χ0n) is 13.4. The first-order valence-electron chi connectivity index (χ1n) is 7.21. The highest BCUT2D eigenvalue weighted by molar-refractivity contribution is 5.75. The molecule has 8 heteroatoms. The van der Waals surface area contributed by atoms with E-state index in [1.54, 1.807) is 20.8 Å². The Hall–Kier alpha value is -2.77. The summed E-state index contributed by atoms with van der Waals surface area (Å²) in [6.07, 6.45) is 2.81. The Morgan fingerprint density at radius 2 is 1.83 bits per heavy atom. The fourth-order valence-corrected chi connectivity index (χ4v) is 2.00. The van der Waals surface area contributed by atoms with Gasteiger partial charge in [-0.1, -0.05) is 0 Å². The minimum atomic E-state index is -0.315. The van der Waals surface area contributed by atoms with Crippen molar-refractivity contribution in [1.29, 1.82) is 0 Å². The molecule has 0 fully saturated rings. The lowest BCUT2D eigenvalue weighted by Gasteiger charge is -2.09. The Morgan fingerprint density at radius 3 is 2.52 bits per heavy atom. The SMILES string of the molecule is Cc1cc(=O)n(CCNC(=O)Cn2cnc(C)c(C)c2=O)cn1. The minimum absolute atomic E-state index is 0.103. The zero-order valence-corrected chi connectivity index (χ0v) is 13.4. The molecular formula is C15H19N5O3. The smallest absolute Gasteiger partial charge is 0.256 e. The summed E-state index contributed by atoms with van der Waals surface area (Å²) in [5, 5.41) is 2.67. The average Bonchev–Trinajstić information content (AvgIpc) is 2.50. The molecule has 2 rings (SSSR count). The molecule has 0 aliphatic carbocycles. The molecule has 1 N–H and O–H groups in total. The molecule has 2 aromatic rings. The maximum Gasteiger partial charge on any atom is 0.256 e. The summed E-state index contributed by atoms with van der Waals surface area (Å²) in [5.41, 5.74) is 1.43. The molecule has 23 heavy (non-hydrogen) atoms. The molecule has 0 unspecified atom stereocenters. The van der Waals surface area contributed by atoms with E-state index in [2.05, 4.69) is 15.3 Å². The summed E-state index contributed by atoms with van der Waals surface area (Å²) >= 11 is 0. The van der Waals surface area contributed by atoms with Crippen molar-refractivity contribution in [2.75, 3.05) is 6.54 Å². The van der Waals surface area contributed by atoms with Gasteiger partial charge in [0.25, 0.3) is 11.1 Å². The highest BCUT2D eigenvalue weighted by Gasteiger charge is 2.08. The van der Waals surface area contributed by atoms with E-state index < -0.39 is 0 Å². The molecule has 0 saturated carbocycles. The number of aromatic nitrogens is 4. The van der Waals surface area contributed by atoms with Crippen molar-refractivity contribution < 1.29 is 4.79 Å². The lowest BCUT2D eigenvalue weighted by molar-refractivity contribution is -0.121. The lowest BCUT2D eigenvalue weighted by atomic mass is 10.3. The Bertz CT molecular complexity index is 838. The van der Waals surface area contributed by atoms with Gasteiger partial charge in [-0.3, -0.25) is 23.5 Å². The predicted octanol–water partition coefficient (Wildman–Crippen LogP) is -0.458. The van der Waals surface area contributed by atoms with Crippen LogP contribution in [0.4, 0.5) is 0 Å². The van der Waals surface area contributed by atoms with Gasteiger partial charge >= 0.3 is 0 Å². The molecular weight excluding hydrogens is 298 g/mol. The van der Waals surface area contributed by atoms with Crippen LogP contribution in [-0.2, 0) is 17.9 Å². The van der Waals surface area contributed by atoms with Crippen LogP contribution in [0.25, 0.3) is 0 Å². The van der Waals surface area contributed by atoms with Crippen LogP contribution in [0, 0.1) is 20.8 Å². The number of hydrogen-bond donors (Lipinski definition) is 1. The van der Waals surface area contributed by atoms with Crippen molar-refractivity contribution in [3.05, 3.63) is 56.4 Å². The summed E-state index contributed by atoms with van der Waals surface area (Å²) in [6.45, 7) is 5.65. The molecule has 8 nitrogen and oxygen atoms in total. The van der Waals surface area contributed by atoms with E-state index in [4.69, 9.17) is 0 Å². The first kappa shape index (κ1) is 16.6. The van der Waals surface area contributed by atoms with Crippen LogP contribution in [0.2, 0.25) is 0 Å². The van der Waals surface area contributed by atoms with Gasteiger partial charge in [-0.15, -0.1) is 0 Å². The van der Waals surface area contributed by atoms with Crippen molar-refractivity contribution in [2.45, 2.75) is 33.9 Å². The Morgan fingerprint density at radius 1 is 1.13 bits per heavy atom. The maximum atomic E-state index is 12.0.